The molecule has 7 heteroatoms. The van der Waals surface area contributed by atoms with E-state index in [2.05, 4.69) is 31.0 Å². The lowest BCUT2D eigenvalue weighted by atomic mass is 9.96. The Bertz CT molecular complexity index is 1230. The molecular formula is C27H36N4O3. The molecule has 3 heterocycles. The summed E-state index contributed by atoms with van der Waals surface area (Å²) in [6, 6.07) is 8.13. The van der Waals surface area contributed by atoms with E-state index in [1.165, 1.54) is 5.56 Å². The fourth-order valence-corrected chi connectivity index (χ4v) is 4.93. The number of H-pyrrole nitrogens is 1. The molecule has 3 aromatic rings. The average molecular weight is 465 g/mol. The number of hydrogen-bond donors (Lipinski definition) is 1. The van der Waals surface area contributed by atoms with Gasteiger partial charge in [-0.2, -0.15) is 0 Å². The number of likely N-dealkylation sites (N-methyl/N-ethyl adjacent to an activating group) is 1. The van der Waals surface area contributed by atoms with Crippen LogP contribution in [0.1, 0.15) is 43.7 Å². The van der Waals surface area contributed by atoms with Gasteiger partial charge in [-0.25, -0.2) is 0 Å². The molecule has 0 aliphatic carbocycles. The van der Waals surface area contributed by atoms with Crippen LogP contribution in [0.15, 0.2) is 35.3 Å². The minimum atomic E-state index is -0.00970. The summed E-state index contributed by atoms with van der Waals surface area (Å²) in [5, 5.41) is 1.13. The SMILES string of the molecule is Cc1cc(-c2[nH]c3ccc(O[C@H]4CCCN(C(=O)CN(C)C)C4)cc3c2C(C)C)cn(C)c1=O. The van der Waals surface area contributed by atoms with Crippen molar-refractivity contribution < 1.29 is 9.53 Å². The van der Waals surface area contributed by atoms with Gasteiger partial charge in [0, 0.05) is 41.8 Å². The van der Waals surface area contributed by atoms with Crippen molar-refractivity contribution in [1.82, 2.24) is 19.4 Å². The maximum absolute atomic E-state index is 12.5. The third-order valence-electron chi connectivity index (χ3n) is 6.52. The maximum atomic E-state index is 12.5. The molecule has 0 bridgehead atoms. The molecule has 1 aromatic carbocycles. The average Bonchev–Trinajstić information content (AvgIpc) is 3.16. The molecule has 0 saturated carbocycles. The lowest BCUT2D eigenvalue weighted by Crippen LogP contribution is -2.47. The van der Waals surface area contributed by atoms with Crippen molar-refractivity contribution in [3.8, 4) is 17.0 Å². The number of ether oxygens (including phenoxy) is 1. The van der Waals surface area contributed by atoms with E-state index >= 15 is 0 Å². The third-order valence-corrected chi connectivity index (χ3v) is 6.52. The van der Waals surface area contributed by atoms with Gasteiger partial charge in [0.15, 0.2) is 0 Å². The number of piperidine rings is 1. The molecule has 1 fully saturated rings. The number of nitrogens with one attached hydrogen (secondary N) is 1. The fraction of sp³-hybridized carbons (Fsp3) is 0.481. The largest absolute Gasteiger partial charge is 0.489 e. The molecule has 0 radical (unpaired) electrons. The van der Waals surface area contributed by atoms with Crippen LogP contribution in [-0.2, 0) is 11.8 Å². The number of nitrogens with zero attached hydrogens (tertiary/aromatic N) is 3. The number of carbonyl (C=O) groups excluding carboxylic acids is 1. The number of hydrogen-bond acceptors (Lipinski definition) is 4. The zero-order valence-corrected chi connectivity index (χ0v) is 21.1. The Labute approximate surface area is 201 Å². The van der Waals surface area contributed by atoms with Crippen molar-refractivity contribution in [3.05, 3.63) is 51.9 Å². The number of aryl methyl sites for hydroxylation is 2. The first-order chi connectivity index (χ1) is 16.1. The summed E-state index contributed by atoms with van der Waals surface area (Å²) in [5.74, 6) is 1.26. The molecule has 1 amide bonds. The minimum Gasteiger partial charge on any atom is -0.489 e. The highest BCUT2D eigenvalue weighted by molar-refractivity contribution is 5.92. The normalized spacial score (nSPS) is 16.6. The predicted octanol–water partition coefficient (Wildman–Crippen LogP) is 3.90. The number of carbonyl (C=O) groups is 1. The van der Waals surface area contributed by atoms with Crippen LogP contribution in [0.2, 0.25) is 0 Å². The van der Waals surface area contributed by atoms with Gasteiger partial charge in [-0.05, 0) is 69.6 Å². The summed E-state index contributed by atoms with van der Waals surface area (Å²) in [6.45, 7) is 8.06. The second-order valence-electron chi connectivity index (χ2n) is 10.1. The first kappa shape index (κ1) is 24.1. The van der Waals surface area contributed by atoms with Gasteiger partial charge in [0.2, 0.25) is 5.91 Å². The Kier molecular flexibility index (Phi) is 6.84. The molecule has 0 unspecified atom stereocenters. The number of benzene rings is 1. The molecule has 1 aliphatic heterocycles. The topological polar surface area (TPSA) is 70.6 Å². The minimum absolute atomic E-state index is 0.00970. The van der Waals surface area contributed by atoms with Crippen LogP contribution in [0.3, 0.4) is 0 Å². The standard InChI is InChI=1S/C27H36N4O3/c1-17(2)25-22-13-20(34-21-8-7-11-31(15-21)24(32)16-29(4)5)9-10-23(22)28-26(25)19-12-18(3)27(33)30(6)14-19/h9-10,12-14,17,21,28H,7-8,11,15-16H2,1-6H3/t21-/m0/s1. The van der Waals surface area contributed by atoms with Gasteiger partial charge in [-0.15, -0.1) is 0 Å². The summed E-state index contributed by atoms with van der Waals surface area (Å²) in [6.07, 6.45) is 3.77. The number of rotatable bonds is 6. The molecule has 2 aromatic heterocycles. The molecule has 7 nitrogen and oxygen atoms in total. The van der Waals surface area contributed by atoms with Crippen molar-refractivity contribution in [2.24, 2.45) is 7.05 Å². The molecule has 1 N–H and O–H groups in total. The Balaban J connectivity index is 1.63. The van der Waals surface area contributed by atoms with E-state index in [1.54, 1.807) is 11.6 Å². The first-order valence-electron chi connectivity index (χ1n) is 12.1. The fourth-order valence-electron chi connectivity index (χ4n) is 4.93. The van der Waals surface area contributed by atoms with Crippen LogP contribution < -0.4 is 10.3 Å². The lowest BCUT2D eigenvalue weighted by Gasteiger charge is -2.33. The Morgan fingerprint density at radius 3 is 2.71 bits per heavy atom. The van der Waals surface area contributed by atoms with Gasteiger partial charge in [-0.1, -0.05) is 13.8 Å². The van der Waals surface area contributed by atoms with Crippen molar-refractivity contribution >= 4 is 16.8 Å². The lowest BCUT2D eigenvalue weighted by molar-refractivity contribution is -0.134. The summed E-state index contributed by atoms with van der Waals surface area (Å²) < 4.78 is 8.03. The van der Waals surface area contributed by atoms with Crippen molar-refractivity contribution in [3.63, 3.8) is 0 Å². The number of aromatic nitrogens is 2. The third kappa shape index (κ3) is 4.89. The number of likely N-dealkylation sites (tertiary alicyclic amines) is 1. The van der Waals surface area contributed by atoms with E-state index in [0.717, 1.165) is 52.9 Å². The number of fused-ring (bicyclic) bond motifs is 1. The predicted molar refractivity (Wildman–Crippen MR) is 137 cm³/mol. The van der Waals surface area contributed by atoms with Crippen LogP contribution in [0.25, 0.3) is 22.2 Å². The molecule has 182 valence electrons. The molecule has 1 saturated heterocycles. The number of pyridine rings is 1. The zero-order valence-electron chi connectivity index (χ0n) is 21.1. The number of aromatic amines is 1. The van der Waals surface area contributed by atoms with E-state index in [4.69, 9.17) is 4.74 Å². The van der Waals surface area contributed by atoms with Gasteiger partial charge in [0.1, 0.15) is 11.9 Å². The highest BCUT2D eigenvalue weighted by atomic mass is 16.5. The molecule has 4 rings (SSSR count). The Morgan fingerprint density at radius 1 is 1.26 bits per heavy atom. The van der Waals surface area contributed by atoms with Gasteiger partial charge in [-0.3, -0.25) is 9.59 Å². The molecule has 1 atom stereocenters. The summed E-state index contributed by atoms with van der Waals surface area (Å²) >= 11 is 0. The zero-order chi connectivity index (χ0) is 24.6. The van der Waals surface area contributed by atoms with Crippen LogP contribution in [0, 0.1) is 6.92 Å². The van der Waals surface area contributed by atoms with Gasteiger partial charge >= 0.3 is 0 Å². The highest BCUT2D eigenvalue weighted by Crippen LogP contribution is 2.37. The van der Waals surface area contributed by atoms with Crippen LogP contribution in [0.5, 0.6) is 5.75 Å². The van der Waals surface area contributed by atoms with Crippen LogP contribution in [0.4, 0.5) is 0 Å². The van der Waals surface area contributed by atoms with Gasteiger partial charge < -0.3 is 24.1 Å². The second kappa shape index (κ2) is 9.66. The van der Waals surface area contributed by atoms with E-state index in [0.29, 0.717) is 13.1 Å². The monoisotopic (exact) mass is 464 g/mol. The number of amides is 1. The molecule has 34 heavy (non-hydrogen) atoms. The molecule has 1 aliphatic rings. The maximum Gasteiger partial charge on any atom is 0.253 e. The van der Waals surface area contributed by atoms with E-state index in [-0.39, 0.29) is 23.5 Å². The van der Waals surface area contributed by atoms with Crippen molar-refractivity contribution in [2.45, 2.75) is 45.6 Å². The van der Waals surface area contributed by atoms with E-state index < -0.39 is 0 Å². The summed E-state index contributed by atoms with van der Waals surface area (Å²) in [7, 11) is 5.62. The molecular weight excluding hydrogens is 428 g/mol. The smallest absolute Gasteiger partial charge is 0.253 e. The quantitative estimate of drug-likeness (QED) is 0.601. The van der Waals surface area contributed by atoms with Crippen molar-refractivity contribution in [2.75, 3.05) is 33.7 Å². The van der Waals surface area contributed by atoms with Gasteiger partial charge in [0.05, 0.1) is 18.8 Å². The van der Waals surface area contributed by atoms with Gasteiger partial charge in [0.25, 0.3) is 5.56 Å². The van der Waals surface area contributed by atoms with E-state index in [9.17, 15) is 9.59 Å². The van der Waals surface area contributed by atoms with Crippen molar-refractivity contribution in [1.29, 1.82) is 0 Å². The Hall–Kier alpha value is -3.06. The second-order valence-corrected chi connectivity index (χ2v) is 10.1. The van der Waals surface area contributed by atoms with Crippen LogP contribution >= 0.6 is 0 Å². The Morgan fingerprint density at radius 2 is 2.03 bits per heavy atom. The first-order valence-corrected chi connectivity index (χ1v) is 12.1. The highest BCUT2D eigenvalue weighted by Gasteiger charge is 2.25. The molecule has 0 spiro atoms. The van der Waals surface area contributed by atoms with Crippen LogP contribution in [-0.4, -0.2) is 65.1 Å². The summed E-state index contributed by atoms with van der Waals surface area (Å²) in [5.41, 5.74) is 5.05. The van der Waals surface area contributed by atoms with E-state index in [1.807, 2.05) is 49.1 Å². The summed E-state index contributed by atoms with van der Waals surface area (Å²) in [4.78, 5) is 32.1.